The molecule has 0 aliphatic carbocycles. The summed E-state index contributed by atoms with van der Waals surface area (Å²) in [6.45, 7) is 5.22. The molecule has 1 atom stereocenters. The summed E-state index contributed by atoms with van der Waals surface area (Å²) in [5.41, 5.74) is 1.51. The number of imide groups is 1. The quantitative estimate of drug-likeness (QED) is 0.305. The van der Waals surface area contributed by atoms with Crippen molar-refractivity contribution in [3.8, 4) is 5.75 Å². The first-order valence-electron chi connectivity index (χ1n) is 10.9. The smallest absolute Gasteiger partial charge is 0.327 e. The molecule has 32 heavy (non-hydrogen) atoms. The van der Waals surface area contributed by atoms with Crippen LogP contribution in [0.15, 0.2) is 54.6 Å². The number of nitrogens with one attached hydrogen (secondary N) is 1. The number of amides is 3. The van der Waals surface area contributed by atoms with Gasteiger partial charge >= 0.3 is 6.03 Å². The average molecular weight is 551 g/mol. The summed E-state index contributed by atoms with van der Waals surface area (Å²) in [5, 5.41) is 2.85. The standard InChI is InChI=1S/C25H33N3O3.HI/c1-6-25(7-2)22(29)27(24(30)26-17-19-11-9-8-10-12-19)23(25)31-21-15-13-20(14-16-21)18-28(3,4)5;/h8-16,23H,6-7,17-18H2,1-5H3;1H. The second-order valence-electron chi connectivity index (χ2n) is 9.25. The van der Waals surface area contributed by atoms with E-state index in [-0.39, 0.29) is 29.9 Å². The molecule has 1 fully saturated rings. The first-order valence-corrected chi connectivity index (χ1v) is 10.9. The summed E-state index contributed by atoms with van der Waals surface area (Å²) in [6.07, 6.45) is 0.624. The summed E-state index contributed by atoms with van der Waals surface area (Å²) in [6, 6.07) is 17.1. The molecular weight excluding hydrogens is 517 g/mol. The van der Waals surface area contributed by atoms with Gasteiger partial charge in [0.15, 0.2) is 6.23 Å². The summed E-state index contributed by atoms with van der Waals surface area (Å²) in [7, 11) is 6.44. The molecule has 1 aliphatic heterocycles. The Morgan fingerprint density at radius 3 is 2.12 bits per heavy atom. The number of β-lactam (4-membered cyclic amide) rings is 1. The van der Waals surface area contributed by atoms with E-state index in [9.17, 15) is 9.59 Å². The highest BCUT2D eigenvalue weighted by atomic mass is 127. The summed E-state index contributed by atoms with van der Waals surface area (Å²) < 4.78 is 7.06. The van der Waals surface area contributed by atoms with Gasteiger partial charge in [0.1, 0.15) is 17.7 Å². The van der Waals surface area contributed by atoms with E-state index < -0.39 is 17.7 Å². The van der Waals surface area contributed by atoms with Gasteiger partial charge in [-0.25, -0.2) is 9.69 Å². The van der Waals surface area contributed by atoms with Crippen molar-refractivity contribution >= 4 is 11.9 Å². The van der Waals surface area contributed by atoms with Crippen LogP contribution in [0.2, 0.25) is 0 Å². The van der Waals surface area contributed by atoms with Crippen LogP contribution in [0.5, 0.6) is 5.75 Å². The summed E-state index contributed by atoms with van der Waals surface area (Å²) >= 11 is 0. The minimum absolute atomic E-state index is 0. The van der Waals surface area contributed by atoms with Crippen molar-refractivity contribution in [1.29, 1.82) is 0 Å². The summed E-state index contributed by atoms with van der Waals surface area (Å²) in [4.78, 5) is 27.1. The van der Waals surface area contributed by atoms with Crippen molar-refractivity contribution in [2.45, 2.75) is 46.0 Å². The Kier molecular flexibility index (Phi) is 8.70. The first kappa shape index (κ1) is 26.1. The van der Waals surface area contributed by atoms with Crippen molar-refractivity contribution in [3.63, 3.8) is 0 Å². The Bertz CT molecular complexity index is 906. The molecule has 1 aliphatic rings. The second kappa shape index (κ2) is 10.7. The number of quaternary nitrogens is 1. The molecular formula is C25H34IN3O3. The van der Waals surface area contributed by atoms with E-state index in [2.05, 4.69) is 26.5 Å². The van der Waals surface area contributed by atoms with Gasteiger partial charge < -0.3 is 38.5 Å². The number of hydrogen-bond donors (Lipinski definition) is 1. The lowest BCUT2D eigenvalue weighted by Gasteiger charge is -2.53. The first-order chi connectivity index (χ1) is 14.7. The molecule has 174 valence electrons. The van der Waals surface area contributed by atoms with Gasteiger partial charge in [0.05, 0.1) is 21.1 Å². The lowest BCUT2D eigenvalue weighted by atomic mass is 9.72. The van der Waals surface area contributed by atoms with Crippen LogP contribution < -0.4 is 34.0 Å². The van der Waals surface area contributed by atoms with Crippen LogP contribution in [0.3, 0.4) is 0 Å². The molecule has 0 radical (unpaired) electrons. The Morgan fingerprint density at radius 1 is 1.00 bits per heavy atom. The van der Waals surface area contributed by atoms with Crippen LogP contribution in [0.1, 0.15) is 37.8 Å². The molecule has 1 N–H and O–H groups in total. The molecule has 2 aromatic carbocycles. The lowest BCUT2D eigenvalue weighted by Crippen LogP contribution is -3.00. The van der Waals surface area contributed by atoms with Crippen LogP contribution in [0, 0.1) is 5.41 Å². The normalized spacial score (nSPS) is 17.2. The van der Waals surface area contributed by atoms with Gasteiger partial charge in [-0.2, -0.15) is 0 Å². The van der Waals surface area contributed by atoms with Crippen molar-refractivity contribution < 1.29 is 42.8 Å². The fourth-order valence-electron chi connectivity index (χ4n) is 4.11. The highest BCUT2D eigenvalue weighted by Crippen LogP contribution is 2.46. The van der Waals surface area contributed by atoms with Crippen LogP contribution in [0.4, 0.5) is 4.79 Å². The largest absolute Gasteiger partial charge is 1.00 e. The van der Waals surface area contributed by atoms with E-state index in [1.165, 1.54) is 10.5 Å². The van der Waals surface area contributed by atoms with Crippen LogP contribution in [-0.4, -0.2) is 48.7 Å². The van der Waals surface area contributed by atoms with Crippen LogP contribution in [0.25, 0.3) is 0 Å². The maximum atomic E-state index is 13.0. The number of carbonyl (C=O) groups excluding carboxylic acids is 2. The fourth-order valence-corrected chi connectivity index (χ4v) is 4.11. The van der Waals surface area contributed by atoms with Gasteiger partial charge in [0.25, 0.3) is 0 Å². The van der Waals surface area contributed by atoms with E-state index in [1.807, 2.05) is 68.4 Å². The molecule has 1 saturated heterocycles. The zero-order valence-corrected chi connectivity index (χ0v) is 21.8. The minimum atomic E-state index is -0.676. The number of hydrogen-bond acceptors (Lipinski definition) is 3. The molecule has 1 heterocycles. The number of likely N-dealkylation sites (tertiary alicyclic amines) is 1. The van der Waals surface area contributed by atoms with Crippen molar-refractivity contribution in [3.05, 3.63) is 65.7 Å². The van der Waals surface area contributed by atoms with Crippen molar-refractivity contribution in [2.75, 3.05) is 21.1 Å². The van der Waals surface area contributed by atoms with Crippen LogP contribution >= 0.6 is 0 Å². The van der Waals surface area contributed by atoms with E-state index in [0.717, 1.165) is 16.6 Å². The zero-order chi connectivity index (χ0) is 22.6. The molecule has 7 heteroatoms. The van der Waals surface area contributed by atoms with E-state index in [0.29, 0.717) is 25.1 Å². The predicted octanol–water partition coefficient (Wildman–Crippen LogP) is 1.16. The Morgan fingerprint density at radius 2 is 1.59 bits per heavy atom. The van der Waals surface area contributed by atoms with E-state index in [4.69, 9.17) is 4.74 Å². The highest BCUT2D eigenvalue weighted by Gasteiger charge is 2.62. The van der Waals surface area contributed by atoms with E-state index >= 15 is 0 Å². The molecule has 1 unspecified atom stereocenters. The second-order valence-corrected chi connectivity index (χ2v) is 9.25. The molecule has 3 rings (SSSR count). The molecule has 3 amide bonds. The van der Waals surface area contributed by atoms with Gasteiger partial charge in [-0.1, -0.05) is 44.2 Å². The monoisotopic (exact) mass is 551 g/mol. The van der Waals surface area contributed by atoms with Crippen molar-refractivity contribution in [1.82, 2.24) is 10.2 Å². The Labute approximate surface area is 208 Å². The van der Waals surface area contributed by atoms with Gasteiger partial charge in [-0.05, 0) is 42.7 Å². The van der Waals surface area contributed by atoms with Gasteiger partial charge in [0.2, 0.25) is 5.91 Å². The van der Waals surface area contributed by atoms with Crippen molar-refractivity contribution in [2.24, 2.45) is 5.41 Å². The lowest BCUT2D eigenvalue weighted by molar-refractivity contribution is -0.884. The molecule has 0 bridgehead atoms. The van der Waals surface area contributed by atoms with Gasteiger partial charge in [-0.3, -0.25) is 4.79 Å². The molecule has 0 saturated carbocycles. The zero-order valence-electron chi connectivity index (χ0n) is 19.6. The summed E-state index contributed by atoms with van der Waals surface area (Å²) in [5.74, 6) is 0.490. The number of nitrogens with zero attached hydrogens (tertiary/aromatic N) is 2. The number of benzene rings is 2. The van der Waals surface area contributed by atoms with Gasteiger partial charge in [0, 0.05) is 12.1 Å². The minimum Gasteiger partial charge on any atom is -1.00 e. The maximum absolute atomic E-state index is 13.0. The molecule has 0 aromatic heterocycles. The molecule has 0 spiro atoms. The van der Waals surface area contributed by atoms with E-state index in [1.54, 1.807) is 0 Å². The Hall–Kier alpha value is -2.13. The topological polar surface area (TPSA) is 58.6 Å². The third-order valence-corrected chi connectivity index (χ3v) is 5.95. The SMILES string of the molecule is CCC1(CC)C(=O)N(C(=O)NCc2ccccc2)C1Oc1ccc(C[N+](C)(C)C)cc1.[I-]. The highest BCUT2D eigenvalue weighted by molar-refractivity contribution is 6.03. The average Bonchev–Trinajstić information content (AvgIpc) is 2.74. The molecule has 6 nitrogen and oxygen atoms in total. The predicted molar refractivity (Wildman–Crippen MR) is 121 cm³/mol. The number of halogens is 1. The number of urea groups is 1. The van der Waals surface area contributed by atoms with Crippen LogP contribution in [-0.2, 0) is 17.9 Å². The third kappa shape index (κ3) is 5.61. The maximum Gasteiger partial charge on any atom is 0.327 e. The molecule has 2 aromatic rings. The Balaban J connectivity index is 0.00000363. The number of rotatable bonds is 8. The number of carbonyl (C=O) groups is 2. The number of ether oxygens (including phenoxy) is 1. The fraction of sp³-hybridized carbons (Fsp3) is 0.440. The third-order valence-electron chi connectivity index (χ3n) is 5.95. The van der Waals surface area contributed by atoms with Gasteiger partial charge in [-0.15, -0.1) is 0 Å².